The molecule has 5 rings (SSSR count). The van der Waals surface area contributed by atoms with Gasteiger partial charge in [-0.1, -0.05) is 78.9 Å². The van der Waals surface area contributed by atoms with Gasteiger partial charge in [-0.15, -0.1) is 4.74 Å². The maximum Gasteiger partial charge on any atom is 0.366 e. The predicted molar refractivity (Wildman–Crippen MR) is 118 cm³/mol. The van der Waals surface area contributed by atoms with Crippen LogP contribution in [0.15, 0.2) is 112 Å². The van der Waals surface area contributed by atoms with E-state index in [0.717, 1.165) is 27.0 Å². The Bertz CT molecular complexity index is 1400. The van der Waals surface area contributed by atoms with E-state index in [2.05, 4.69) is 0 Å². The molecule has 0 fully saturated rings. The second-order valence-corrected chi connectivity index (χ2v) is 7.02. The molecule has 0 atom stereocenters. The Morgan fingerprint density at radius 2 is 1.17 bits per heavy atom. The van der Waals surface area contributed by atoms with Gasteiger partial charge in [0.1, 0.15) is 0 Å². The molecule has 0 amide bonds. The van der Waals surface area contributed by atoms with Crippen molar-refractivity contribution >= 4 is 16.8 Å². The summed E-state index contributed by atoms with van der Waals surface area (Å²) in [6.45, 7) is 0. The molecule has 4 aromatic carbocycles. The molecule has 0 saturated carbocycles. The first-order valence-corrected chi connectivity index (χ1v) is 9.62. The summed E-state index contributed by atoms with van der Waals surface area (Å²) in [7, 11) is 0. The molecule has 1 heterocycles. The normalized spacial score (nSPS) is 10.9. The summed E-state index contributed by atoms with van der Waals surface area (Å²) in [4.78, 5) is 25.4. The number of carbonyl (C=O) groups excluding carboxylic acids is 1. The molecule has 4 nitrogen and oxygen atoms in total. The van der Waals surface area contributed by atoms with Crippen molar-refractivity contribution in [2.45, 2.75) is 0 Å². The summed E-state index contributed by atoms with van der Waals surface area (Å²) in [6.07, 6.45) is 0. The molecule has 30 heavy (non-hydrogen) atoms. The minimum atomic E-state index is -0.529. The van der Waals surface area contributed by atoms with Crippen molar-refractivity contribution in [3.63, 3.8) is 0 Å². The lowest BCUT2D eigenvalue weighted by atomic mass is 10.0. The first-order chi connectivity index (χ1) is 14.7. The average molecular weight is 391 g/mol. The van der Waals surface area contributed by atoms with Crippen molar-refractivity contribution in [1.29, 1.82) is 0 Å². The van der Waals surface area contributed by atoms with Crippen LogP contribution in [0, 0.1) is 0 Å². The molecule has 1 aromatic heterocycles. The van der Waals surface area contributed by atoms with Gasteiger partial charge in [-0.3, -0.25) is 4.79 Å². The number of hydrogen-bond acceptors (Lipinski definition) is 3. The summed E-state index contributed by atoms with van der Waals surface area (Å²) in [6, 6.07) is 32.4. The lowest BCUT2D eigenvalue weighted by Crippen LogP contribution is -2.11. The van der Waals surface area contributed by atoms with Gasteiger partial charge in [-0.25, -0.2) is 4.79 Å². The SMILES string of the molecule is O=C(c1ccc(-c2ccccc2)cc1)n1oc(=O)c2ccc(-c3ccccc3)cc21. The van der Waals surface area contributed by atoms with Gasteiger partial charge >= 0.3 is 5.63 Å². The number of carbonyl (C=O) groups is 1. The van der Waals surface area contributed by atoms with Gasteiger partial charge < -0.3 is 4.52 Å². The zero-order valence-corrected chi connectivity index (χ0v) is 16.0. The lowest BCUT2D eigenvalue weighted by molar-refractivity contribution is 0.0850. The monoisotopic (exact) mass is 391 g/mol. The fourth-order valence-corrected chi connectivity index (χ4v) is 3.57. The molecular weight excluding hydrogens is 374 g/mol. The van der Waals surface area contributed by atoms with Crippen LogP contribution >= 0.6 is 0 Å². The van der Waals surface area contributed by atoms with Crippen LogP contribution in [0.2, 0.25) is 0 Å². The third-order valence-corrected chi connectivity index (χ3v) is 5.14. The van der Waals surface area contributed by atoms with Gasteiger partial charge in [0.05, 0.1) is 10.9 Å². The molecule has 0 saturated heterocycles. The van der Waals surface area contributed by atoms with Crippen LogP contribution in [-0.4, -0.2) is 10.6 Å². The van der Waals surface area contributed by atoms with Crippen LogP contribution in [0.5, 0.6) is 0 Å². The Hall–Kier alpha value is -4.18. The molecule has 0 aliphatic heterocycles. The standard InChI is InChI=1S/C26H17NO3/c28-25(21-13-11-20(12-14-21)18-7-3-1-4-8-18)27-24-17-22(19-9-5-2-6-10-19)15-16-23(24)26(29)30-27/h1-17H. The topological polar surface area (TPSA) is 52.2 Å². The summed E-state index contributed by atoms with van der Waals surface area (Å²) >= 11 is 0. The maximum absolute atomic E-state index is 13.1. The Morgan fingerprint density at radius 1 is 0.633 bits per heavy atom. The van der Waals surface area contributed by atoms with Crippen molar-refractivity contribution in [1.82, 2.24) is 4.74 Å². The number of nitrogens with zero attached hydrogens (tertiary/aromatic N) is 1. The smallest absolute Gasteiger partial charge is 0.327 e. The minimum Gasteiger partial charge on any atom is -0.327 e. The van der Waals surface area contributed by atoms with Gasteiger partial charge in [-0.05, 0) is 46.5 Å². The zero-order chi connectivity index (χ0) is 20.5. The van der Waals surface area contributed by atoms with E-state index < -0.39 is 5.63 Å². The van der Waals surface area contributed by atoms with Crippen molar-refractivity contribution in [3.05, 3.63) is 119 Å². The highest BCUT2D eigenvalue weighted by molar-refractivity contribution is 6.01. The van der Waals surface area contributed by atoms with E-state index >= 15 is 0 Å². The molecular formula is C26H17NO3. The van der Waals surface area contributed by atoms with Gasteiger partial charge in [0.15, 0.2) is 0 Å². The highest BCUT2D eigenvalue weighted by Crippen LogP contribution is 2.25. The van der Waals surface area contributed by atoms with Crippen molar-refractivity contribution in [2.75, 3.05) is 0 Å². The summed E-state index contributed by atoms with van der Waals surface area (Å²) in [5.74, 6) is -0.382. The first-order valence-electron chi connectivity index (χ1n) is 9.62. The molecule has 0 aliphatic rings. The minimum absolute atomic E-state index is 0.379. The zero-order valence-electron chi connectivity index (χ0n) is 16.0. The Balaban J connectivity index is 1.55. The summed E-state index contributed by atoms with van der Waals surface area (Å²) < 4.78 is 6.38. The Morgan fingerprint density at radius 3 is 1.80 bits per heavy atom. The largest absolute Gasteiger partial charge is 0.366 e. The number of hydrogen-bond donors (Lipinski definition) is 0. The van der Waals surface area contributed by atoms with E-state index in [9.17, 15) is 9.59 Å². The fourth-order valence-electron chi connectivity index (χ4n) is 3.57. The van der Waals surface area contributed by atoms with Crippen LogP contribution in [-0.2, 0) is 0 Å². The molecule has 0 spiro atoms. The average Bonchev–Trinajstić information content (AvgIpc) is 3.15. The van der Waals surface area contributed by atoms with Gasteiger partial charge in [0, 0.05) is 5.56 Å². The van der Waals surface area contributed by atoms with Gasteiger partial charge in [-0.2, -0.15) is 0 Å². The Kier molecular flexibility index (Phi) is 4.37. The summed E-state index contributed by atoms with van der Waals surface area (Å²) in [5.41, 5.74) is 4.36. The highest BCUT2D eigenvalue weighted by atomic mass is 16.5. The van der Waals surface area contributed by atoms with E-state index in [4.69, 9.17) is 4.52 Å². The highest BCUT2D eigenvalue weighted by Gasteiger charge is 2.18. The number of fused-ring (bicyclic) bond motifs is 1. The molecule has 0 aliphatic carbocycles. The molecule has 0 radical (unpaired) electrons. The maximum atomic E-state index is 13.1. The number of benzene rings is 4. The lowest BCUT2D eigenvalue weighted by Gasteiger charge is -2.06. The van der Waals surface area contributed by atoms with Crippen molar-refractivity contribution in [2.24, 2.45) is 0 Å². The Labute approximate surface area is 172 Å². The van der Waals surface area contributed by atoms with E-state index in [1.54, 1.807) is 18.2 Å². The molecule has 144 valence electrons. The quantitative estimate of drug-likeness (QED) is 0.401. The number of rotatable bonds is 3. The first kappa shape index (κ1) is 17.9. The van der Waals surface area contributed by atoms with Gasteiger partial charge in [0.2, 0.25) is 0 Å². The molecule has 0 unspecified atom stereocenters. The second-order valence-electron chi connectivity index (χ2n) is 7.02. The van der Waals surface area contributed by atoms with Crippen LogP contribution in [0.25, 0.3) is 33.2 Å². The second kappa shape index (κ2) is 7.33. The predicted octanol–water partition coefficient (Wildman–Crippen LogP) is 5.62. The molecule has 4 heteroatoms. The van der Waals surface area contributed by atoms with Crippen LogP contribution < -0.4 is 5.63 Å². The third-order valence-electron chi connectivity index (χ3n) is 5.14. The van der Waals surface area contributed by atoms with E-state index in [1.807, 2.05) is 84.9 Å². The third kappa shape index (κ3) is 3.14. The van der Waals surface area contributed by atoms with Crippen LogP contribution in [0.4, 0.5) is 0 Å². The van der Waals surface area contributed by atoms with Crippen LogP contribution in [0.3, 0.4) is 0 Å². The molecule has 5 aromatic rings. The van der Waals surface area contributed by atoms with Crippen molar-refractivity contribution in [3.8, 4) is 22.3 Å². The van der Waals surface area contributed by atoms with E-state index in [1.165, 1.54) is 0 Å². The molecule has 0 N–H and O–H groups in total. The van der Waals surface area contributed by atoms with Crippen LogP contribution in [0.1, 0.15) is 10.4 Å². The van der Waals surface area contributed by atoms with Crippen molar-refractivity contribution < 1.29 is 9.32 Å². The van der Waals surface area contributed by atoms with E-state index in [0.29, 0.717) is 16.5 Å². The molecule has 0 bridgehead atoms. The van der Waals surface area contributed by atoms with Gasteiger partial charge in [0.25, 0.3) is 5.91 Å². The summed E-state index contributed by atoms with van der Waals surface area (Å²) in [5, 5.41) is 0.379. The fraction of sp³-hybridized carbons (Fsp3) is 0. The van der Waals surface area contributed by atoms with E-state index in [-0.39, 0.29) is 5.91 Å². The number of aromatic nitrogens is 1.